The summed E-state index contributed by atoms with van der Waals surface area (Å²) in [4.78, 5) is 30.7. The van der Waals surface area contributed by atoms with Crippen molar-refractivity contribution in [3.8, 4) is 0 Å². The van der Waals surface area contributed by atoms with Crippen LogP contribution in [-0.2, 0) is 71.6 Å². The number of hydrogen-bond donors (Lipinski definition) is 4. The molecule has 0 amide bonds. The van der Waals surface area contributed by atoms with Gasteiger partial charge in [-0.2, -0.15) is 0 Å². The van der Waals surface area contributed by atoms with Gasteiger partial charge in [0.15, 0.2) is 0 Å². The van der Waals surface area contributed by atoms with Crippen LogP contribution in [0.5, 0.6) is 0 Å². The summed E-state index contributed by atoms with van der Waals surface area (Å²) in [7, 11) is 0. The first kappa shape index (κ1) is 23.4. The van der Waals surface area contributed by atoms with Crippen molar-refractivity contribution in [2.24, 2.45) is 0 Å². The van der Waals surface area contributed by atoms with Crippen molar-refractivity contribution in [3.05, 3.63) is 0 Å². The second-order valence-electron chi connectivity index (χ2n) is 1.60. The fourth-order valence-corrected chi connectivity index (χ4v) is 0. The maximum atomic E-state index is 9.42. The molecule has 0 aromatic rings. The minimum atomic E-state index is -6.17. The third kappa shape index (κ3) is 76.1. The average Bonchev–Trinajstić information content (AvgIpc) is 2.00. The Labute approximate surface area is 110 Å². The Morgan fingerprint density at radius 2 is 0.882 bits per heavy atom. The van der Waals surface area contributed by atoms with Gasteiger partial charge in [-0.15, -0.1) is 0 Å². The molecule has 0 aliphatic rings. The zero-order valence-corrected chi connectivity index (χ0v) is 14.8. The molecular weight excluding hydrogens is 540 g/mol. The van der Waals surface area contributed by atoms with Crippen LogP contribution in [0.25, 0.3) is 0 Å². The predicted octanol–water partition coefficient (Wildman–Crippen LogP) is -3.60. The SMILES string of the molecule is [O]=[V+][P](=O)(O)O.[O]=[V+][P](=O)(O)O.[O]=[W](=[O])([O-])[O-]. The summed E-state index contributed by atoms with van der Waals surface area (Å²) in [5.41, 5.74) is 0. The van der Waals surface area contributed by atoms with Gasteiger partial charge in [0, 0.05) is 0 Å². The fourth-order valence-electron chi connectivity index (χ4n) is 0. The van der Waals surface area contributed by atoms with E-state index in [1.807, 2.05) is 0 Å². The van der Waals surface area contributed by atoms with E-state index in [0.29, 0.717) is 0 Å². The van der Waals surface area contributed by atoms with Gasteiger partial charge in [0.25, 0.3) is 0 Å². The molecule has 4 N–H and O–H groups in total. The van der Waals surface area contributed by atoms with Crippen LogP contribution in [0.15, 0.2) is 0 Å². The zero-order valence-electron chi connectivity index (χ0n) is 7.25. The van der Waals surface area contributed by atoms with Crippen LogP contribution in [0.4, 0.5) is 0 Å². The van der Waals surface area contributed by atoms with Crippen molar-refractivity contribution >= 4 is 12.1 Å². The van der Waals surface area contributed by atoms with Gasteiger partial charge >= 0.3 is 111 Å². The molecule has 0 aromatic carbocycles. The van der Waals surface area contributed by atoms with Crippen LogP contribution in [0.3, 0.4) is 0 Å². The Hall–Kier alpha value is 1.28. The van der Waals surface area contributed by atoms with Crippen molar-refractivity contribution < 1.29 is 98.7 Å². The maximum absolute atomic E-state index is 9.42. The van der Waals surface area contributed by atoms with E-state index in [1.54, 1.807) is 0 Å². The second-order valence-corrected chi connectivity index (χ2v) is 13.3. The second kappa shape index (κ2) is 10.1. The van der Waals surface area contributed by atoms with Crippen LogP contribution in [-0.4, -0.2) is 19.6 Å². The molecule has 0 saturated heterocycles. The quantitative estimate of drug-likeness (QED) is 0.247. The molecule has 0 fully saturated rings. The monoisotopic (exact) mass is 544 g/mol. The van der Waals surface area contributed by atoms with Crippen LogP contribution in [0.2, 0.25) is 0 Å². The molecule has 0 unspecified atom stereocenters. The molecule has 0 radical (unpaired) electrons. The molecule has 0 spiro atoms. The fraction of sp³-hybridized carbons (Fsp3) is 0. The van der Waals surface area contributed by atoms with Crippen LogP contribution in [0, 0.1) is 0 Å². The summed E-state index contributed by atoms with van der Waals surface area (Å²) in [6, 6.07) is -8.22. The van der Waals surface area contributed by atoms with Gasteiger partial charge in [-0.3, -0.25) is 0 Å². The number of rotatable bonds is 2. The summed E-state index contributed by atoms with van der Waals surface area (Å²) < 4.78 is 72.0. The van der Waals surface area contributed by atoms with Crippen molar-refractivity contribution in [1.82, 2.24) is 0 Å². The van der Waals surface area contributed by atoms with E-state index in [2.05, 4.69) is 0 Å². The van der Waals surface area contributed by atoms with Crippen LogP contribution < -0.4 is 7.52 Å². The molecule has 0 rings (SSSR count). The molecule has 17 heavy (non-hydrogen) atoms. The molecular formula is H4O12P2V2W. The molecule has 0 aromatic heterocycles. The molecule has 12 nitrogen and oxygen atoms in total. The van der Waals surface area contributed by atoms with Gasteiger partial charge < -0.3 is 0 Å². The molecule has 0 heterocycles. The van der Waals surface area contributed by atoms with Crippen molar-refractivity contribution in [2.45, 2.75) is 0 Å². The molecule has 0 aliphatic carbocycles. The third-order valence-corrected chi connectivity index (χ3v) is 2.63. The van der Waals surface area contributed by atoms with E-state index in [9.17, 15) is 16.5 Å². The third-order valence-electron chi connectivity index (χ3n) is 0.213. The Balaban J connectivity index is -0.000000174. The van der Waals surface area contributed by atoms with Gasteiger partial charge in [-0.25, -0.2) is 0 Å². The van der Waals surface area contributed by atoms with Gasteiger partial charge in [-0.05, 0) is 0 Å². The van der Waals surface area contributed by atoms with Crippen LogP contribution >= 0.6 is 12.1 Å². The van der Waals surface area contributed by atoms with Gasteiger partial charge in [0.2, 0.25) is 0 Å². The summed E-state index contributed by atoms with van der Waals surface area (Å²) in [5.74, 6) is 0. The van der Waals surface area contributed by atoms with Gasteiger partial charge in [-0.1, -0.05) is 0 Å². The van der Waals surface area contributed by atoms with Crippen molar-refractivity contribution in [2.75, 3.05) is 0 Å². The normalized spacial score (nSPS) is 10.7. The van der Waals surface area contributed by atoms with Gasteiger partial charge in [0.1, 0.15) is 0 Å². The van der Waals surface area contributed by atoms with Crippen molar-refractivity contribution in [1.29, 1.82) is 0 Å². The summed E-state index contributed by atoms with van der Waals surface area (Å²) in [5, 5.41) is 0. The first-order valence-electron chi connectivity index (χ1n) is 2.60. The minimum absolute atomic E-state index is 2.00. The van der Waals surface area contributed by atoms with E-state index in [1.165, 1.54) is 0 Å². The molecule has 0 bridgehead atoms. The number of hydrogen-bond acceptors (Lipinski definition) is 8. The molecule has 102 valence electrons. The van der Waals surface area contributed by atoms with E-state index in [-0.39, 0.29) is 0 Å². The summed E-state index contributed by atoms with van der Waals surface area (Å²) >= 11 is -10.2. The molecule has 0 saturated carbocycles. The molecule has 0 atom stereocenters. The first-order chi connectivity index (χ1) is 7.12. The zero-order chi connectivity index (χ0) is 14.9. The van der Waals surface area contributed by atoms with E-state index in [0.717, 1.165) is 0 Å². The predicted molar refractivity (Wildman–Crippen MR) is 26.8 cm³/mol. The van der Waals surface area contributed by atoms with E-state index < -0.39 is 60.4 Å². The Morgan fingerprint density at radius 3 is 0.882 bits per heavy atom. The van der Waals surface area contributed by atoms with Crippen LogP contribution in [0.1, 0.15) is 0 Å². The summed E-state index contributed by atoms with van der Waals surface area (Å²) in [6.45, 7) is 0. The Bertz CT molecular complexity index is 374. The topological polar surface area (TPSA) is 229 Å². The molecule has 0 aliphatic heterocycles. The molecule has 17 heteroatoms. The van der Waals surface area contributed by atoms with E-state index >= 15 is 0 Å². The summed E-state index contributed by atoms with van der Waals surface area (Å²) in [6.07, 6.45) is 0. The van der Waals surface area contributed by atoms with E-state index in [4.69, 9.17) is 33.9 Å². The first-order valence-corrected chi connectivity index (χ1v) is 15.4. The Kier molecular flexibility index (Phi) is 13.9. The Morgan fingerprint density at radius 1 is 0.824 bits per heavy atom. The standard InChI is InChI=1S/2HO3P.6O.2V.W/c2*1-4(2)3;;;;;;;;;/h2*(H-,1,2,3);;;;;;;;;/q;;;;;;2*-1;;;/p+2. The average molecular weight is 544 g/mol. The van der Waals surface area contributed by atoms with Crippen molar-refractivity contribution in [3.63, 3.8) is 0 Å². The van der Waals surface area contributed by atoms with Gasteiger partial charge in [0.05, 0.1) is 0 Å².